The predicted octanol–water partition coefficient (Wildman–Crippen LogP) is 4.90. The zero-order valence-electron chi connectivity index (χ0n) is 17.8. The van der Waals surface area contributed by atoms with Gasteiger partial charge in [0, 0.05) is 36.8 Å². The first kappa shape index (κ1) is 21.7. The maximum atomic E-state index is 12.9. The number of likely N-dealkylation sites (tertiary alicyclic amines) is 2. The highest BCUT2D eigenvalue weighted by Gasteiger charge is 2.25. The van der Waals surface area contributed by atoms with E-state index in [4.69, 9.17) is 16.3 Å². The molecule has 0 N–H and O–H groups in total. The number of halogens is 1. The van der Waals surface area contributed by atoms with Gasteiger partial charge in [-0.25, -0.2) is 0 Å². The normalized spacial score (nSPS) is 17.5. The third-order valence-electron chi connectivity index (χ3n) is 6.21. The molecule has 31 heavy (non-hydrogen) atoms. The number of rotatable bonds is 5. The Labute approximate surface area is 188 Å². The Bertz CT molecular complexity index is 918. The number of carbonyl (C=O) groups excluding carboxylic acids is 2. The number of carbonyl (C=O) groups is 2. The van der Waals surface area contributed by atoms with Crippen LogP contribution in [0.2, 0.25) is 5.02 Å². The van der Waals surface area contributed by atoms with Gasteiger partial charge in [-0.15, -0.1) is 0 Å². The van der Waals surface area contributed by atoms with Gasteiger partial charge in [0.25, 0.3) is 11.8 Å². The van der Waals surface area contributed by atoms with Crippen molar-refractivity contribution in [3.8, 4) is 5.75 Å². The van der Waals surface area contributed by atoms with Crippen LogP contribution in [0.3, 0.4) is 0 Å². The molecule has 2 aromatic carbocycles. The molecule has 6 heteroatoms. The summed E-state index contributed by atoms with van der Waals surface area (Å²) in [7, 11) is 0. The highest BCUT2D eigenvalue weighted by atomic mass is 35.5. The Hall–Kier alpha value is -2.53. The van der Waals surface area contributed by atoms with Crippen molar-refractivity contribution in [2.45, 2.75) is 32.1 Å². The Morgan fingerprint density at radius 2 is 1.58 bits per heavy atom. The fraction of sp³-hybridized carbons (Fsp3) is 0.440. The lowest BCUT2D eigenvalue weighted by Gasteiger charge is -2.32. The van der Waals surface area contributed by atoms with E-state index in [-0.39, 0.29) is 11.8 Å². The van der Waals surface area contributed by atoms with Gasteiger partial charge in [0.15, 0.2) is 0 Å². The zero-order chi connectivity index (χ0) is 21.6. The topological polar surface area (TPSA) is 49.9 Å². The molecular formula is C25H29ClN2O3. The summed E-state index contributed by atoms with van der Waals surface area (Å²) in [6, 6.07) is 14.6. The molecule has 0 spiro atoms. The molecule has 0 aliphatic carbocycles. The van der Waals surface area contributed by atoms with Crippen LogP contribution < -0.4 is 4.74 Å². The van der Waals surface area contributed by atoms with Gasteiger partial charge in [0.1, 0.15) is 5.75 Å². The number of nitrogens with zero attached hydrogens (tertiary/aromatic N) is 2. The van der Waals surface area contributed by atoms with Crippen molar-refractivity contribution < 1.29 is 14.3 Å². The molecule has 2 aliphatic heterocycles. The summed E-state index contributed by atoms with van der Waals surface area (Å²) >= 11 is 6.02. The highest BCUT2D eigenvalue weighted by molar-refractivity contribution is 6.30. The van der Waals surface area contributed by atoms with Crippen LogP contribution in [-0.2, 0) is 0 Å². The second kappa shape index (κ2) is 10.2. The summed E-state index contributed by atoms with van der Waals surface area (Å²) in [6.45, 7) is 3.61. The van der Waals surface area contributed by atoms with Crippen LogP contribution in [0.5, 0.6) is 5.75 Å². The van der Waals surface area contributed by atoms with E-state index in [1.807, 2.05) is 34.1 Å². The maximum absolute atomic E-state index is 12.9. The molecule has 2 heterocycles. The molecule has 2 aromatic rings. The molecule has 0 unspecified atom stereocenters. The predicted molar refractivity (Wildman–Crippen MR) is 122 cm³/mol. The quantitative estimate of drug-likeness (QED) is 0.664. The van der Waals surface area contributed by atoms with E-state index in [1.165, 1.54) is 6.42 Å². The van der Waals surface area contributed by atoms with Gasteiger partial charge in [0.05, 0.1) is 12.2 Å². The summed E-state index contributed by atoms with van der Waals surface area (Å²) in [5, 5.41) is 0.576. The SMILES string of the molecule is O=C(c1cccc(Cl)c1)N1CCC(COc2ccccc2C(=O)N2CCCCC2)CC1. The van der Waals surface area contributed by atoms with E-state index in [1.54, 1.807) is 24.3 Å². The highest BCUT2D eigenvalue weighted by Crippen LogP contribution is 2.25. The van der Waals surface area contributed by atoms with Gasteiger partial charge in [-0.1, -0.05) is 29.8 Å². The molecule has 4 rings (SSSR count). The summed E-state index contributed by atoms with van der Waals surface area (Å²) < 4.78 is 6.12. The van der Waals surface area contributed by atoms with Crippen molar-refractivity contribution in [3.05, 3.63) is 64.7 Å². The molecule has 0 bridgehead atoms. The molecule has 164 valence electrons. The van der Waals surface area contributed by atoms with Crippen molar-refractivity contribution >= 4 is 23.4 Å². The van der Waals surface area contributed by atoms with Crippen molar-refractivity contribution in [3.63, 3.8) is 0 Å². The molecule has 0 atom stereocenters. The zero-order valence-corrected chi connectivity index (χ0v) is 18.5. The van der Waals surface area contributed by atoms with Gasteiger partial charge in [-0.05, 0) is 68.4 Å². The number of ether oxygens (including phenoxy) is 1. The molecule has 0 aromatic heterocycles. The van der Waals surface area contributed by atoms with Gasteiger partial charge in [-0.3, -0.25) is 9.59 Å². The van der Waals surface area contributed by atoms with Crippen molar-refractivity contribution in [1.82, 2.24) is 9.80 Å². The van der Waals surface area contributed by atoms with Gasteiger partial charge in [-0.2, -0.15) is 0 Å². The standard InChI is InChI=1S/C25H29ClN2O3/c26-21-8-6-7-20(17-21)24(29)28-15-11-19(12-16-28)18-31-23-10-3-2-9-22(23)25(30)27-13-4-1-5-14-27/h2-3,6-10,17,19H,1,4-5,11-16,18H2. The second-order valence-corrected chi connectivity index (χ2v) is 8.84. The Kier molecular flexibility index (Phi) is 7.13. The van der Waals surface area contributed by atoms with E-state index < -0.39 is 0 Å². The van der Waals surface area contributed by atoms with Gasteiger partial charge >= 0.3 is 0 Å². The minimum absolute atomic E-state index is 0.0272. The van der Waals surface area contributed by atoms with E-state index in [0.29, 0.717) is 47.5 Å². The van der Waals surface area contributed by atoms with E-state index in [2.05, 4.69) is 0 Å². The molecule has 0 radical (unpaired) electrons. The van der Waals surface area contributed by atoms with Gasteiger partial charge < -0.3 is 14.5 Å². The van der Waals surface area contributed by atoms with Crippen LogP contribution in [0, 0.1) is 5.92 Å². The number of amides is 2. The maximum Gasteiger partial charge on any atom is 0.257 e. The smallest absolute Gasteiger partial charge is 0.257 e. The minimum Gasteiger partial charge on any atom is -0.492 e. The van der Waals surface area contributed by atoms with Crippen molar-refractivity contribution in [2.24, 2.45) is 5.92 Å². The molecule has 0 saturated carbocycles. The number of para-hydroxylation sites is 1. The Morgan fingerprint density at radius 3 is 2.32 bits per heavy atom. The Morgan fingerprint density at radius 1 is 0.871 bits per heavy atom. The lowest BCUT2D eigenvalue weighted by molar-refractivity contribution is 0.0652. The molecule has 2 amide bonds. The third kappa shape index (κ3) is 5.40. The number of hydrogen-bond donors (Lipinski definition) is 0. The summed E-state index contributed by atoms with van der Waals surface area (Å²) in [5.74, 6) is 1.12. The summed E-state index contributed by atoms with van der Waals surface area (Å²) in [6.07, 6.45) is 5.10. The van der Waals surface area contributed by atoms with E-state index >= 15 is 0 Å². The Balaban J connectivity index is 1.31. The first-order chi connectivity index (χ1) is 15.1. The van der Waals surface area contributed by atoms with Crippen LogP contribution in [0.1, 0.15) is 52.8 Å². The lowest BCUT2D eigenvalue weighted by atomic mass is 9.97. The van der Waals surface area contributed by atoms with E-state index in [0.717, 1.165) is 38.8 Å². The fourth-order valence-corrected chi connectivity index (χ4v) is 4.54. The van der Waals surface area contributed by atoms with Crippen LogP contribution in [0.15, 0.2) is 48.5 Å². The third-order valence-corrected chi connectivity index (χ3v) is 6.44. The van der Waals surface area contributed by atoms with Crippen LogP contribution in [0.25, 0.3) is 0 Å². The van der Waals surface area contributed by atoms with Crippen molar-refractivity contribution in [2.75, 3.05) is 32.8 Å². The van der Waals surface area contributed by atoms with Crippen LogP contribution in [0.4, 0.5) is 0 Å². The van der Waals surface area contributed by atoms with Crippen molar-refractivity contribution in [1.29, 1.82) is 0 Å². The second-order valence-electron chi connectivity index (χ2n) is 8.41. The first-order valence-corrected chi connectivity index (χ1v) is 11.6. The number of hydrogen-bond acceptors (Lipinski definition) is 3. The molecular weight excluding hydrogens is 412 g/mol. The first-order valence-electron chi connectivity index (χ1n) is 11.2. The molecule has 5 nitrogen and oxygen atoms in total. The average molecular weight is 441 g/mol. The average Bonchev–Trinajstić information content (AvgIpc) is 2.83. The number of piperidine rings is 2. The number of benzene rings is 2. The molecule has 2 fully saturated rings. The monoisotopic (exact) mass is 440 g/mol. The van der Waals surface area contributed by atoms with Crippen LogP contribution >= 0.6 is 11.6 Å². The summed E-state index contributed by atoms with van der Waals surface area (Å²) in [5.41, 5.74) is 1.28. The largest absolute Gasteiger partial charge is 0.492 e. The van der Waals surface area contributed by atoms with Gasteiger partial charge in [0.2, 0.25) is 0 Å². The molecule has 2 aliphatic rings. The minimum atomic E-state index is 0.0272. The molecule has 2 saturated heterocycles. The van der Waals surface area contributed by atoms with Crippen LogP contribution in [-0.4, -0.2) is 54.4 Å². The van der Waals surface area contributed by atoms with E-state index in [9.17, 15) is 9.59 Å². The summed E-state index contributed by atoms with van der Waals surface area (Å²) in [4.78, 5) is 29.5. The lowest BCUT2D eigenvalue weighted by Crippen LogP contribution is -2.39. The fourth-order valence-electron chi connectivity index (χ4n) is 4.35.